The van der Waals surface area contributed by atoms with Gasteiger partial charge in [0.2, 0.25) is 0 Å². The second-order valence-electron chi connectivity index (χ2n) is 6.81. The molecule has 0 spiro atoms. The van der Waals surface area contributed by atoms with Crippen molar-refractivity contribution in [3.63, 3.8) is 0 Å². The van der Waals surface area contributed by atoms with E-state index in [1.54, 1.807) is 38.0 Å². The van der Waals surface area contributed by atoms with Crippen LogP contribution in [0.25, 0.3) is 0 Å². The van der Waals surface area contributed by atoms with Crippen LogP contribution in [0.4, 0.5) is 0 Å². The van der Waals surface area contributed by atoms with Crippen molar-refractivity contribution in [3.8, 4) is 0 Å². The van der Waals surface area contributed by atoms with Gasteiger partial charge in [-0.05, 0) is 41.0 Å². The molecule has 1 fully saturated rings. The highest BCUT2D eigenvalue weighted by Crippen LogP contribution is 2.45. The number of carbonyl (C=O) groups is 3. The number of hydrogen-bond donors (Lipinski definition) is 0. The first-order chi connectivity index (χ1) is 10.7. The van der Waals surface area contributed by atoms with Crippen LogP contribution in [0.1, 0.15) is 19.3 Å². The van der Waals surface area contributed by atoms with E-state index in [1.165, 1.54) is 14.2 Å². The fourth-order valence-corrected chi connectivity index (χ4v) is 3.67. The Morgan fingerprint density at radius 1 is 0.917 bits per heavy atom. The molecule has 1 saturated carbocycles. The van der Waals surface area contributed by atoms with Gasteiger partial charge in [-0.25, -0.2) is 0 Å². The number of carbonyl (C=O) groups excluding carboxylic acids is 3. The van der Waals surface area contributed by atoms with Gasteiger partial charge < -0.3 is 19.3 Å². The Hall–Kier alpha value is -1.18. The zero-order chi connectivity index (χ0) is 17.8. The van der Waals surface area contributed by atoms with Gasteiger partial charge in [0.15, 0.2) is 5.78 Å². The normalized spacial score (nSPS) is 26.9. The lowest BCUT2D eigenvalue weighted by atomic mass is 9.60. The summed E-state index contributed by atoms with van der Waals surface area (Å²) in [6, 6.07) is 0. The molecule has 140 valence electrons. The first-order valence-corrected chi connectivity index (χ1v) is 7.67. The molecule has 8 heteroatoms. The van der Waals surface area contributed by atoms with Crippen molar-refractivity contribution in [3.05, 3.63) is 0 Å². The summed E-state index contributed by atoms with van der Waals surface area (Å²) >= 11 is 0. The summed E-state index contributed by atoms with van der Waals surface area (Å²) < 4.78 is 9.85. The van der Waals surface area contributed by atoms with E-state index in [2.05, 4.69) is 0 Å². The average Bonchev–Trinajstić information content (AvgIpc) is 2.48. The molecule has 1 aliphatic carbocycles. The molecule has 2 atom stereocenters. The summed E-state index contributed by atoms with van der Waals surface area (Å²) in [5.41, 5.74) is -2.67. The number of esters is 2. The SMILES string of the molecule is COC(=O)C1(CN(C)C)CCCC(CN(C)C)(C(=O)OC)C1=O.Cl. The van der Waals surface area contributed by atoms with E-state index in [-0.39, 0.29) is 25.5 Å². The molecule has 0 heterocycles. The summed E-state index contributed by atoms with van der Waals surface area (Å²) in [6.07, 6.45) is 1.34. The predicted octanol–water partition coefficient (Wildman–Crippen LogP) is 0.603. The molecular formula is C16H29ClN2O5. The van der Waals surface area contributed by atoms with Crippen molar-refractivity contribution in [1.82, 2.24) is 9.80 Å². The summed E-state index contributed by atoms with van der Waals surface area (Å²) in [7, 11) is 9.70. The molecule has 0 saturated heterocycles. The molecule has 0 bridgehead atoms. The van der Waals surface area contributed by atoms with Crippen LogP contribution in [0.15, 0.2) is 0 Å². The van der Waals surface area contributed by atoms with Crippen molar-refractivity contribution in [2.45, 2.75) is 19.3 Å². The molecular weight excluding hydrogens is 336 g/mol. The third-order valence-electron chi connectivity index (χ3n) is 4.40. The number of halogens is 1. The third-order valence-corrected chi connectivity index (χ3v) is 4.40. The minimum absolute atomic E-state index is 0. The lowest BCUT2D eigenvalue weighted by Crippen LogP contribution is -2.61. The van der Waals surface area contributed by atoms with E-state index in [9.17, 15) is 14.4 Å². The van der Waals surface area contributed by atoms with Crippen molar-refractivity contribution < 1.29 is 23.9 Å². The molecule has 24 heavy (non-hydrogen) atoms. The van der Waals surface area contributed by atoms with E-state index in [1.807, 2.05) is 0 Å². The highest BCUT2D eigenvalue weighted by atomic mass is 35.5. The van der Waals surface area contributed by atoms with Gasteiger partial charge in [-0.15, -0.1) is 12.4 Å². The monoisotopic (exact) mass is 364 g/mol. The molecule has 7 nitrogen and oxygen atoms in total. The molecule has 2 unspecified atom stereocenters. The molecule has 0 aromatic heterocycles. The van der Waals surface area contributed by atoms with Gasteiger partial charge >= 0.3 is 11.9 Å². The standard InChI is InChI=1S/C16H28N2O5.ClH/c1-17(2)10-15(13(20)22-5)8-7-9-16(12(15)19,11-18(3)4)14(21)23-6;/h7-11H2,1-6H3;1H. The molecule has 0 aromatic carbocycles. The maximum absolute atomic E-state index is 13.4. The van der Waals surface area contributed by atoms with Crippen molar-refractivity contribution in [1.29, 1.82) is 0 Å². The minimum atomic E-state index is -1.33. The highest BCUT2D eigenvalue weighted by molar-refractivity contribution is 6.15. The number of ketones is 1. The maximum atomic E-state index is 13.4. The number of rotatable bonds is 6. The van der Waals surface area contributed by atoms with Crippen LogP contribution in [-0.2, 0) is 23.9 Å². The molecule has 0 amide bonds. The smallest absolute Gasteiger partial charge is 0.320 e. The van der Waals surface area contributed by atoms with E-state index in [0.29, 0.717) is 19.3 Å². The number of nitrogens with zero attached hydrogens (tertiary/aromatic N) is 2. The summed E-state index contributed by atoms with van der Waals surface area (Å²) in [6.45, 7) is 0.426. The van der Waals surface area contributed by atoms with Gasteiger partial charge in [-0.1, -0.05) is 6.42 Å². The van der Waals surface area contributed by atoms with Crippen LogP contribution >= 0.6 is 12.4 Å². The van der Waals surface area contributed by atoms with Gasteiger partial charge in [-0.3, -0.25) is 14.4 Å². The Morgan fingerprint density at radius 2 is 1.25 bits per heavy atom. The third kappa shape index (κ3) is 4.07. The zero-order valence-electron chi connectivity index (χ0n) is 15.4. The molecule has 0 N–H and O–H groups in total. The second-order valence-corrected chi connectivity index (χ2v) is 6.81. The Kier molecular flexibility index (Phi) is 8.35. The van der Waals surface area contributed by atoms with Crippen LogP contribution in [0.2, 0.25) is 0 Å². The molecule has 1 aliphatic rings. The van der Waals surface area contributed by atoms with Gasteiger partial charge in [0.25, 0.3) is 0 Å². The number of Topliss-reactive ketones (excluding diaryl/α,β-unsaturated/α-hetero) is 1. The highest BCUT2D eigenvalue weighted by Gasteiger charge is 2.61. The van der Waals surface area contributed by atoms with Crippen molar-refractivity contribution in [2.75, 3.05) is 55.5 Å². The lowest BCUT2D eigenvalue weighted by Gasteiger charge is -2.44. The zero-order valence-corrected chi connectivity index (χ0v) is 16.2. The lowest BCUT2D eigenvalue weighted by molar-refractivity contribution is -0.175. The van der Waals surface area contributed by atoms with Crippen LogP contribution in [0.5, 0.6) is 0 Å². The van der Waals surface area contributed by atoms with Crippen LogP contribution in [-0.4, -0.2) is 83.0 Å². The maximum Gasteiger partial charge on any atom is 0.320 e. The molecule has 0 aromatic rings. The van der Waals surface area contributed by atoms with Gasteiger partial charge in [-0.2, -0.15) is 0 Å². The Bertz CT molecular complexity index is 443. The quantitative estimate of drug-likeness (QED) is 0.504. The Balaban J connectivity index is 0.00000529. The van der Waals surface area contributed by atoms with E-state index in [4.69, 9.17) is 9.47 Å². The van der Waals surface area contributed by atoms with Gasteiger partial charge in [0, 0.05) is 13.1 Å². The fraction of sp³-hybridized carbons (Fsp3) is 0.812. The van der Waals surface area contributed by atoms with Gasteiger partial charge in [0.05, 0.1) is 14.2 Å². The largest absolute Gasteiger partial charge is 0.468 e. The predicted molar refractivity (Wildman–Crippen MR) is 92.1 cm³/mol. The summed E-state index contributed by atoms with van der Waals surface area (Å²) in [4.78, 5) is 41.9. The Labute approximate surface area is 150 Å². The van der Waals surface area contributed by atoms with Crippen LogP contribution in [0, 0.1) is 10.8 Å². The number of hydrogen-bond acceptors (Lipinski definition) is 7. The molecule has 0 aliphatic heterocycles. The fourth-order valence-electron chi connectivity index (χ4n) is 3.67. The number of ether oxygens (including phenoxy) is 2. The summed E-state index contributed by atoms with van der Waals surface area (Å²) in [5.74, 6) is -1.55. The Morgan fingerprint density at radius 3 is 1.50 bits per heavy atom. The van der Waals surface area contributed by atoms with Crippen molar-refractivity contribution in [2.24, 2.45) is 10.8 Å². The molecule has 0 radical (unpaired) electrons. The van der Waals surface area contributed by atoms with E-state index < -0.39 is 28.6 Å². The van der Waals surface area contributed by atoms with E-state index in [0.717, 1.165) is 0 Å². The summed E-state index contributed by atoms with van der Waals surface area (Å²) in [5, 5.41) is 0. The van der Waals surface area contributed by atoms with Crippen LogP contribution in [0.3, 0.4) is 0 Å². The van der Waals surface area contributed by atoms with Crippen LogP contribution < -0.4 is 0 Å². The van der Waals surface area contributed by atoms with Crippen molar-refractivity contribution >= 4 is 30.1 Å². The first kappa shape index (κ1) is 22.8. The van der Waals surface area contributed by atoms with E-state index >= 15 is 0 Å². The molecule has 1 rings (SSSR count). The number of methoxy groups -OCH3 is 2. The first-order valence-electron chi connectivity index (χ1n) is 7.67. The second kappa shape index (κ2) is 8.78. The minimum Gasteiger partial charge on any atom is -0.468 e. The average molecular weight is 365 g/mol. The van der Waals surface area contributed by atoms with Gasteiger partial charge in [0.1, 0.15) is 10.8 Å². The topological polar surface area (TPSA) is 76.2 Å².